The van der Waals surface area contributed by atoms with Gasteiger partial charge in [0.05, 0.1) is 37.1 Å². The number of guanidine groups is 1. The second-order valence-electron chi connectivity index (χ2n) is 13.6. The Morgan fingerprint density at radius 1 is 1.11 bits per heavy atom. The van der Waals surface area contributed by atoms with Crippen LogP contribution in [0.15, 0.2) is 40.3 Å². The molecule has 0 saturated heterocycles. The van der Waals surface area contributed by atoms with Gasteiger partial charge in [-0.1, -0.05) is 29.8 Å². The van der Waals surface area contributed by atoms with Crippen LogP contribution >= 0.6 is 0 Å². The number of benzene rings is 2. The summed E-state index contributed by atoms with van der Waals surface area (Å²) in [7, 11) is 3.16. The maximum Gasteiger partial charge on any atom is 0.339 e. The number of likely N-dealkylation sites (N-methyl/N-ethyl adjacent to an activating group) is 1. The quantitative estimate of drug-likeness (QED) is 0.293. The monoisotopic (exact) mass is 629 g/mol. The van der Waals surface area contributed by atoms with Gasteiger partial charge in [0, 0.05) is 56.5 Å². The Labute approximate surface area is 272 Å². The number of aryl methyl sites for hydroxylation is 2. The molecule has 0 saturated carbocycles. The minimum absolute atomic E-state index is 0.00625. The molecule has 2 aliphatic rings. The molecule has 1 unspecified atom stereocenters. The highest BCUT2D eigenvalue weighted by Gasteiger charge is 2.38. The van der Waals surface area contributed by atoms with Crippen molar-refractivity contribution in [2.24, 2.45) is 9.98 Å². The topological polar surface area (TPSA) is 98.0 Å². The predicted octanol–water partition coefficient (Wildman–Crippen LogP) is 5.78. The lowest BCUT2D eigenvalue weighted by Gasteiger charge is -2.37. The maximum atomic E-state index is 13.6. The number of amides is 1. The smallest absolute Gasteiger partial charge is 0.339 e. The summed E-state index contributed by atoms with van der Waals surface area (Å²) in [5.41, 5.74) is 6.68. The van der Waals surface area contributed by atoms with Crippen molar-refractivity contribution in [3.63, 3.8) is 0 Å². The number of rotatable bonds is 8. The SMILES string of the molecule is COC(=O)[C@@H](OC(C)(C)C)c1c(C)c2c3c(cc(C)n3CCN2C2=NCC(C)(OCCN(C)C(C)=O)C=N2)c1-c1ccc(C)cc1. The zero-order valence-electron chi connectivity index (χ0n) is 28.9. The van der Waals surface area contributed by atoms with Crippen LogP contribution in [-0.4, -0.2) is 85.1 Å². The number of hydrogen-bond acceptors (Lipinski definition) is 8. The first-order valence-electron chi connectivity index (χ1n) is 15.9. The van der Waals surface area contributed by atoms with Crippen LogP contribution in [-0.2, 0) is 30.3 Å². The number of nitrogens with zero attached hydrogens (tertiary/aromatic N) is 5. The van der Waals surface area contributed by atoms with E-state index in [2.05, 4.69) is 60.6 Å². The van der Waals surface area contributed by atoms with E-state index in [1.807, 2.05) is 33.9 Å². The molecule has 46 heavy (non-hydrogen) atoms. The van der Waals surface area contributed by atoms with E-state index in [9.17, 15) is 9.59 Å². The summed E-state index contributed by atoms with van der Waals surface area (Å²) in [6, 6.07) is 10.6. The van der Waals surface area contributed by atoms with Crippen molar-refractivity contribution in [2.45, 2.75) is 79.2 Å². The molecular formula is C36H47N5O5. The first-order valence-corrected chi connectivity index (χ1v) is 15.9. The van der Waals surface area contributed by atoms with Gasteiger partial charge in [0.25, 0.3) is 0 Å². The molecule has 0 radical (unpaired) electrons. The summed E-state index contributed by atoms with van der Waals surface area (Å²) < 4.78 is 20.4. The van der Waals surface area contributed by atoms with Crippen LogP contribution in [0.3, 0.4) is 0 Å². The third-order valence-corrected chi connectivity index (χ3v) is 8.76. The van der Waals surface area contributed by atoms with Crippen LogP contribution in [0.5, 0.6) is 0 Å². The number of hydrogen-bond donors (Lipinski definition) is 0. The molecule has 5 rings (SSSR count). The van der Waals surface area contributed by atoms with Crippen LogP contribution in [0.25, 0.3) is 22.0 Å². The molecule has 1 aromatic heterocycles. The number of aliphatic imine (C=N–C) groups is 2. The number of methoxy groups -OCH3 is 1. The van der Waals surface area contributed by atoms with Gasteiger partial charge < -0.3 is 28.6 Å². The van der Waals surface area contributed by atoms with Gasteiger partial charge in [-0.25, -0.2) is 14.8 Å². The molecule has 3 heterocycles. The van der Waals surface area contributed by atoms with Crippen molar-refractivity contribution in [3.05, 3.63) is 52.7 Å². The lowest BCUT2D eigenvalue weighted by Crippen LogP contribution is -2.44. The fourth-order valence-electron chi connectivity index (χ4n) is 6.25. The summed E-state index contributed by atoms with van der Waals surface area (Å²) in [5, 5.41) is 1.04. The van der Waals surface area contributed by atoms with Crippen molar-refractivity contribution in [1.29, 1.82) is 0 Å². The fraction of sp³-hybridized carbons (Fsp3) is 0.500. The zero-order chi connectivity index (χ0) is 33.6. The van der Waals surface area contributed by atoms with Gasteiger partial charge in [0.15, 0.2) is 6.10 Å². The highest BCUT2D eigenvalue weighted by atomic mass is 16.6. The average Bonchev–Trinajstić information content (AvgIpc) is 3.33. The third-order valence-electron chi connectivity index (χ3n) is 8.76. The number of ether oxygens (including phenoxy) is 3. The summed E-state index contributed by atoms with van der Waals surface area (Å²) in [6.07, 6.45) is 0.854. The van der Waals surface area contributed by atoms with E-state index in [1.165, 1.54) is 14.0 Å². The van der Waals surface area contributed by atoms with Crippen LogP contribution < -0.4 is 4.90 Å². The second kappa shape index (κ2) is 12.6. The van der Waals surface area contributed by atoms with Crippen molar-refractivity contribution < 1.29 is 23.8 Å². The van der Waals surface area contributed by atoms with Gasteiger partial charge in [0.1, 0.15) is 5.60 Å². The van der Waals surface area contributed by atoms with Crippen molar-refractivity contribution in [3.8, 4) is 11.1 Å². The molecule has 0 N–H and O–H groups in total. The lowest BCUT2D eigenvalue weighted by molar-refractivity contribution is -0.164. The van der Waals surface area contributed by atoms with Gasteiger partial charge in [-0.2, -0.15) is 0 Å². The standard InChI is InChI=1S/C36H47N5O5/c1-22-11-13-26(14-12-22)29-27-19-23(2)40-15-16-41(34-37-20-36(8,21-38-34)45-18-17-39(9)25(4)42)30(31(27)40)24(3)28(29)32(33(43)44-10)46-35(5,6)7/h11-14,19-20,32H,15-18,21H2,1-10H3/t32-,36?/m0/s1. The lowest BCUT2D eigenvalue weighted by atomic mass is 9.87. The number of carbonyl (C=O) groups is 2. The van der Waals surface area contributed by atoms with E-state index in [-0.39, 0.29) is 5.91 Å². The van der Waals surface area contributed by atoms with Crippen LogP contribution in [0.1, 0.15) is 63.1 Å². The van der Waals surface area contributed by atoms with E-state index in [0.29, 0.717) is 32.2 Å². The van der Waals surface area contributed by atoms with Gasteiger partial charge in [0.2, 0.25) is 11.9 Å². The van der Waals surface area contributed by atoms with Crippen molar-refractivity contribution in [1.82, 2.24) is 9.47 Å². The minimum atomic E-state index is -0.962. The van der Waals surface area contributed by atoms with Gasteiger partial charge in [-0.15, -0.1) is 0 Å². The summed E-state index contributed by atoms with van der Waals surface area (Å²) in [6.45, 7) is 18.3. The number of anilines is 1. The van der Waals surface area contributed by atoms with E-state index >= 15 is 0 Å². The number of carbonyl (C=O) groups excluding carboxylic acids is 2. The molecule has 2 aromatic carbocycles. The molecule has 0 spiro atoms. The number of aromatic nitrogens is 1. The minimum Gasteiger partial charge on any atom is -0.467 e. The molecule has 246 valence electrons. The Balaban J connectivity index is 1.66. The molecule has 2 aliphatic heterocycles. The molecule has 2 atom stereocenters. The molecule has 0 aliphatic carbocycles. The number of esters is 1. The van der Waals surface area contributed by atoms with E-state index < -0.39 is 23.3 Å². The fourth-order valence-corrected chi connectivity index (χ4v) is 6.25. The zero-order valence-corrected chi connectivity index (χ0v) is 28.9. The van der Waals surface area contributed by atoms with E-state index in [1.54, 1.807) is 11.9 Å². The highest BCUT2D eigenvalue weighted by Crippen LogP contribution is 2.48. The molecule has 1 amide bonds. The van der Waals surface area contributed by atoms with Gasteiger partial charge >= 0.3 is 5.97 Å². The van der Waals surface area contributed by atoms with Crippen molar-refractivity contribution >= 4 is 40.6 Å². The third kappa shape index (κ3) is 6.46. The van der Waals surface area contributed by atoms with E-state index in [0.717, 1.165) is 56.6 Å². The average molecular weight is 630 g/mol. The van der Waals surface area contributed by atoms with Crippen molar-refractivity contribution in [2.75, 3.05) is 45.3 Å². The molecule has 0 bridgehead atoms. The Morgan fingerprint density at radius 3 is 2.39 bits per heavy atom. The Kier molecular flexibility index (Phi) is 9.16. The summed E-state index contributed by atoms with van der Waals surface area (Å²) in [5.74, 6) is 0.137. The predicted molar refractivity (Wildman–Crippen MR) is 183 cm³/mol. The molecule has 10 heteroatoms. The Hall–Kier alpha value is -4.02. The molecular weight excluding hydrogens is 582 g/mol. The largest absolute Gasteiger partial charge is 0.467 e. The Bertz CT molecular complexity index is 1720. The van der Waals surface area contributed by atoms with Crippen LogP contribution in [0.2, 0.25) is 0 Å². The Morgan fingerprint density at radius 2 is 1.80 bits per heavy atom. The first-order chi connectivity index (χ1) is 21.6. The normalized spacial score (nSPS) is 18.5. The van der Waals surface area contributed by atoms with Gasteiger partial charge in [-0.05, 0) is 71.2 Å². The van der Waals surface area contributed by atoms with Crippen LogP contribution in [0, 0.1) is 20.8 Å². The van der Waals surface area contributed by atoms with Crippen LogP contribution in [0.4, 0.5) is 5.69 Å². The molecule has 3 aromatic rings. The maximum absolute atomic E-state index is 13.6. The van der Waals surface area contributed by atoms with Gasteiger partial charge in [-0.3, -0.25) is 4.79 Å². The second-order valence-corrected chi connectivity index (χ2v) is 13.6. The summed E-state index contributed by atoms with van der Waals surface area (Å²) in [4.78, 5) is 38.7. The highest BCUT2D eigenvalue weighted by molar-refractivity contribution is 6.14. The molecule has 10 nitrogen and oxygen atoms in total. The first kappa shape index (κ1) is 33.3. The molecule has 0 fully saturated rings. The summed E-state index contributed by atoms with van der Waals surface area (Å²) >= 11 is 0. The van der Waals surface area contributed by atoms with E-state index in [4.69, 9.17) is 24.2 Å².